The van der Waals surface area contributed by atoms with E-state index < -0.39 is 0 Å². The zero-order valence-corrected chi connectivity index (χ0v) is 36.3. The van der Waals surface area contributed by atoms with Gasteiger partial charge in [0.05, 0.1) is 5.69 Å². The van der Waals surface area contributed by atoms with Crippen LogP contribution in [-0.4, -0.2) is 4.98 Å². The van der Waals surface area contributed by atoms with Gasteiger partial charge < -0.3 is 0 Å². The van der Waals surface area contributed by atoms with Crippen LogP contribution in [0.15, 0.2) is 261 Å². The van der Waals surface area contributed by atoms with Gasteiger partial charge in [-0.05, 0) is 129 Å². The first-order chi connectivity index (χ1) is 32.8. The lowest BCUT2D eigenvalue weighted by atomic mass is 9.78. The molecule has 12 rings (SSSR count). The molecule has 66 heavy (non-hydrogen) atoms. The van der Waals surface area contributed by atoms with Gasteiger partial charge in [-0.25, -0.2) is 0 Å². The van der Waals surface area contributed by atoms with Crippen LogP contribution >= 0.6 is 0 Å². The van der Waals surface area contributed by atoms with Gasteiger partial charge in [0.2, 0.25) is 0 Å². The fraction of sp³-hybridized carbons (Fsp3) is 0. The lowest BCUT2D eigenvalue weighted by Crippen LogP contribution is -1.98. The smallest absolute Gasteiger partial charge is 0.0792 e. The molecule has 1 nitrogen and oxygen atoms in total. The summed E-state index contributed by atoms with van der Waals surface area (Å²) in [6.45, 7) is 0. The summed E-state index contributed by atoms with van der Waals surface area (Å²) in [4.78, 5) is 5.06. The van der Waals surface area contributed by atoms with Crippen molar-refractivity contribution in [2.24, 2.45) is 0 Å². The number of pyridine rings is 1. The number of hydrogen-bond donors (Lipinski definition) is 0. The summed E-state index contributed by atoms with van der Waals surface area (Å²) in [6.07, 6.45) is 1.94. The van der Waals surface area contributed by atoms with Gasteiger partial charge in [-0.2, -0.15) is 0 Å². The molecule has 0 aliphatic heterocycles. The molecule has 0 spiro atoms. The second kappa shape index (κ2) is 16.8. The van der Waals surface area contributed by atoms with Gasteiger partial charge in [0.1, 0.15) is 0 Å². The summed E-state index contributed by atoms with van der Waals surface area (Å²) in [7, 11) is 0. The Balaban J connectivity index is 1.08. The Morgan fingerprint density at radius 2 is 0.591 bits per heavy atom. The second-order valence-electron chi connectivity index (χ2n) is 16.9. The summed E-state index contributed by atoms with van der Waals surface area (Å²) in [6, 6.07) is 92.7. The van der Waals surface area contributed by atoms with E-state index in [1.807, 2.05) is 6.20 Å². The van der Waals surface area contributed by atoms with E-state index in [1.165, 1.54) is 93.7 Å². The van der Waals surface area contributed by atoms with Crippen LogP contribution in [0.4, 0.5) is 0 Å². The number of hydrogen-bond acceptors (Lipinski definition) is 1. The Bertz CT molecular complexity index is 3660. The average Bonchev–Trinajstić information content (AvgIpc) is 3.40. The standard InChI is InChI=1S/C65H43N/c1-5-21-44(22-6-1)58-43-59(62(47-26-9-3-10-27-47)63(48-28-11-4-12-29-48)61(58)46-24-7-2-8-25-46)51-32-19-30-49(41-51)50-31-20-33-52(42-50)60-54-35-15-17-37-56(54)64(57-38-18-16-36-55(57)60)65-53-34-14-13-23-45(53)39-40-66-65/h1-43H. The maximum absolute atomic E-state index is 5.06. The molecular formula is C65H43N. The van der Waals surface area contributed by atoms with Gasteiger partial charge in [0.25, 0.3) is 0 Å². The number of fused-ring (bicyclic) bond motifs is 3. The van der Waals surface area contributed by atoms with E-state index in [1.54, 1.807) is 0 Å². The molecule has 1 heterocycles. The van der Waals surface area contributed by atoms with Crippen LogP contribution in [0, 0.1) is 0 Å². The first-order valence-corrected chi connectivity index (χ1v) is 22.7. The van der Waals surface area contributed by atoms with Crippen molar-refractivity contribution in [3.05, 3.63) is 261 Å². The highest BCUT2D eigenvalue weighted by molar-refractivity contribution is 6.23. The molecule has 0 radical (unpaired) electrons. The summed E-state index contributed by atoms with van der Waals surface area (Å²) < 4.78 is 0. The van der Waals surface area contributed by atoms with Gasteiger partial charge >= 0.3 is 0 Å². The van der Waals surface area contributed by atoms with Gasteiger partial charge in [-0.15, -0.1) is 0 Å². The molecule has 0 amide bonds. The second-order valence-corrected chi connectivity index (χ2v) is 16.9. The van der Waals surface area contributed by atoms with Crippen LogP contribution in [0.1, 0.15) is 0 Å². The van der Waals surface area contributed by atoms with Crippen molar-refractivity contribution in [1.82, 2.24) is 4.98 Å². The Labute approximate surface area is 385 Å². The molecule has 308 valence electrons. The molecule has 0 aliphatic rings. The predicted octanol–water partition coefficient (Wildman–Crippen LogP) is 17.9. The van der Waals surface area contributed by atoms with Crippen molar-refractivity contribution in [2.45, 2.75) is 0 Å². The molecule has 11 aromatic carbocycles. The number of aromatic nitrogens is 1. The van der Waals surface area contributed by atoms with Crippen molar-refractivity contribution < 1.29 is 0 Å². The van der Waals surface area contributed by atoms with Crippen molar-refractivity contribution in [1.29, 1.82) is 0 Å². The lowest BCUT2D eigenvalue weighted by molar-refractivity contribution is 1.37. The molecular weight excluding hydrogens is 795 g/mol. The molecule has 1 aromatic heterocycles. The first-order valence-electron chi connectivity index (χ1n) is 22.7. The SMILES string of the molecule is c1ccc(-c2cc(-c3cccc(-c4cccc(-c5c6ccccc6c(-c6nccc7ccccc67)c6ccccc56)c4)c3)c(-c3ccccc3)c(-c3ccccc3)c2-c2ccccc2)cc1. The van der Waals surface area contributed by atoms with Crippen molar-refractivity contribution in [3.63, 3.8) is 0 Å². The largest absolute Gasteiger partial charge is 0.256 e. The molecule has 0 aliphatic carbocycles. The first kappa shape index (κ1) is 39.0. The molecule has 12 aromatic rings. The topological polar surface area (TPSA) is 12.9 Å². The van der Waals surface area contributed by atoms with E-state index in [9.17, 15) is 0 Å². The van der Waals surface area contributed by atoms with Crippen LogP contribution in [0.3, 0.4) is 0 Å². The summed E-state index contributed by atoms with van der Waals surface area (Å²) in [5.41, 5.74) is 18.8. The summed E-state index contributed by atoms with van der Waals surface area (Å²) >= 11 is 0. The molecule has 0 saturated heterocycles. The summed E-state index contributed by atoms with van der Waals surface area (Å²) in [5.74, 6) is 0. The monoisotopic (exact) mass is 837 g/mol. The van der Waals surface area contributed by atoms with E-state index in [0.717, 1.165) is 27.8 Å². The molecule has 0 bridgehead atoms. The van der Waals surface area contributed by atoms with E-state index in [4.69, 9.17) is 4.98 Å². The molecule has 0 unspecified atom stereocenters. The third-order valence-corrected chi connectivity index (χ3v) is 13.1. The fourth-order valence-corrected chi connectivity index (χ4v) is 10.2. The molecule has 0 N–H and O–H groups in total. The highest BCUT2D eigenvalue weighted by Gasteiger charge is 2.24. The third kappa shape index (κ3) is 6.86. The van der Waals surface area contributed by atoms with Crippen molar-refractivity contribution in [3.8, 4) is 89.1 Å². The van der Waals surface area contributed by atoms with Gasteiger partial charge in [-0.1, -0.05) is 231 Å². The lowest BCUT2D eigenvalue weighted by Gasteiger charge is -2.24. The minimum atomic E-state index is 1.01. The Morgan fingerprint density at radius 1 is 0.212 bits per heavy atom. The van der Waals surface area contributed by atoms with Gasteiger partial charge in [0, 0.05) is 17.1 Å². The van der Waals surface area contributed by atoms with E-state index in [-0.39, 0.29) is 0 Å². The average molecular weight is 838 g/mol. The van der Waals surface area contributed by atoms with Crippen LogP contribution in [-0.2, 0) is 0 Å². The zero-order valence-electron chi connectivity index (χ0n) is 36.3. The van der Waals surface area contributed by atoms with Crippen LogP contribution in [0.25, 0.3) is 121 Å². The molecule has 0 fully saturated rings. The third-order valence-electron chi connectivity index (χ3n) is 13.1. The maximum atomic E-state index is 5.06. The molecule has 0 atom stereocenters. The van der Waals surface area contributed by atoms with Gasteiger partial charge in [-0.3, -0.25) is 4.98 Å². The normalized spacial score (nSPS) is 11.3. The number of rotatable bonds is 8. The van der Waals surface area contributed by atoms with Gasteiger partial charge in [0.15, 0.2) is 0 Å². The molecule has 1 heteroatoms. The maximum Gasteiger partial charge on any atom is 0.0792 e. The fourth-order valence-electron chi connectivity index (χ4n) is 10.2. The minimum Gasteiger partial charge on any atom is -0.256 e. The Kier molecular flexibility index (Phi) is 9.93. The van der Waals surface area contributed by atoms with Crippen molar-refractivity contribution >= 4 is 32.3 Å². The van der Waals surface area contributed by atoms with E-state index in [0.29, 0.717) is 0 Å². The highest BCUT2D eigenvalue weighted by Crippen LogP contribution is 2.51. The number of benzene rings is 11. The van der Waals surface area contributed by atoms with Crippen molar-refractivity contribution in [2.75, 3.05) is 0 Å². The highest BCUT2D eigenvalue weighted by atomic mass is 14.7. The van der Waals surface area contributed by atoms with E-state index >= 15 is 0 Å². The van der Waals surface area contributed by atoms with Crippen LogP contribution < -0.4 is 0 Å². The van der Waals surface area contributed by atoms with Crippen LogP contribution in [0.2, 0.25) is 0 Å². The zero-order chi connectivity index (χ0) is 43.8. The minimum absolute atomic E-state index is 1.01. The number of nitrogens with zero attached hydrogens (tertiary/aromatic N) is 1. The Morgan fingerprint density at radius 3 is 1.14 bits per heavy atom. The molecule has 0 saturated carbocycles. The summed E-state index contributed by atoms with van der Waals surface area (Å²) in [5, 5.41) is 7.14. The van der Waals surface area contributed by atoms with Crippen LogP contribution in [0.5, 0.6) is 0 Å². The van der Waals surface area contributed by atoms with E-state index in [2.05, 4.69) is 255 Å². The predicted molar refractivity (Wildman–Crippen MR) is 280 cm³/mol. The quantitative estimate of drug-likeness (QED) is 0.139. The Hall–Kier alpha value is -8.65.